The van der Waals surface area contributed by atoms with Crippen molar-refractivity contribution in [3.63, 3.8) is 0 Å². The maximum absolute atomic E-state index is 12.9. The van der Waals surface area contributed by atoms with Gasteiger partial charge >= 0.3 is 0 Å². The van der Waals surface area contributed by atoms with E-state index in [1.54, 1.807) is 0 Å². The molecular weight excluding hydrogens is 124 g/mol. The number of nitrogens with one attached hydrogen (secondary N) is 1. The Morgan fingerprint density at radius 1 is 1.00 bits per heavy atom. The minimum atomic E-state index is -1.20. The molecule has 0 unspecified atom stereocenters. The second kappa shape index (κ2) is 1.29. The number of fused-ring (bicyclic) bond motifs is 2. The molecule has 0 atom stereocenters. The van der Waals surface area contributed by atoms with Crippen LogP contribution in [0.1, 0.15) is 12.8 Å². The topological polar surface area (TPSA) is 12.0 Å². The minimum absolute atomic E-state index is 0.118. The summed E-state index contributed by atoms with van der Waals surface area (Å²) in [4.78, 5) is 0. The fourth-order valence-electron chi connectivity index (χ4n) is 1.84. The molecule has 2 aliphatic heterocycles. The van der Waals surface area contributed by atoms with E-state index < -0.39 is 11.3 Å². The largest absolute Gasteiger partial charge is 0.310 e. The molecule has 2 saturated heterocycles. The maximum atomic E-state index is 12.9. The van der Waals surface area contributed by atoms with Gasteiger partial charge in [0.25, 0.3) is 0 Å². The minimum Gasteiger partial charge on any atom is -0.310 e. The smallest absolute Gasteiger partial charge is 0.129 e. The molecule has 0 radical (unpaired) electrons. The Labute approximate surface area is 52.4 Å². The van der Waals surface area contributed by atoms with Gasteiger partial charge in [0.2, 0.25) is 0 Å². The molecule has 3 fully saturated rings. The van der Waals surface area contributed by atoms with E-state index in [-0.39, 0.29) is 12.8 Å². The van der Waals surface area contributed by atoms with Crippen molar-refractivity contribution in [1.29, 1.82) is 0 Å². The molecule has 52 valence electrons. The van der Waals surface area contributed by atoms with Crippen LogP contribution in [-0.2, 0) is 0 Å². The second-order valence-electron chi connectivity index (χ2n) is 3.26. The molecular formula is C6H9F2N. The predicted molar refractivity (Wildman–Crippen MR) is 29.8 cm³/mol. The summed E-state index contributed by atoms with van der Waals surface area (Å²) in [5.74, 6) is 0. The van der Waals surface area contributed by atoms with Gasteiger partial charge in [-0.15, -0.1) is 0 Å². The molecule has 1 nitrogen and oxygen atoms in total. The van der Waals surface area contributed by atoms with E-state index >= 15 is 0 Å². The Kier molecular flexibility index (Phi) is 0.799. The highest BCUT2D eigenvalue weighted by molar-refractivity contribution is 5.11. The zero-order valence-corrected chi connectivity index (χ0v) is 5.08. The Bertz CT molecular complexity index is 126. The van der Waals surface area contributed by atoms with Crippen molar-refractivity contribution in [2.75, 3.05) is 13.1 Å². The van der Waals surface area contributed by atoms with Gasteiger partial charge in [-0.25, -0.2) is 8.78 Å². The molecule has 0 aromatic rings. The monoisotopic (exact) mass is 133 g/mol. The molecule has 2 bridgehead atoms. The molecule has 3 heteroatoms. The van der Waals surface area contributed by atoms with Crippen molar-refractivity contribution in [2.24, 2.45) is 0 Å². The third-order valence-corrected chi connectivity index (χ3v) is 2.15. The van der Waals surface area contributed by atoms with Gasteiger partial charge in [-0.05, 0) is 0 Å². The Hall–Kier alpha value is -0.180. The highest BCUT2D eigenvalue weighted by Crippen LogP contribution is 2.48. The van der Waals surface area contributed by atoms with Crippen molar-refractivity contribution in [2.45, 2.75) is 24.2 Å². The van der Waals surface area contributed by atoms with Gasteiger partial charge in [0.15, 0.2) is 0 Å². The highest BCUT2D eigenvalue weighted by atomic mass is 19.2. The summed E-state index contributed by atoms with van der Waals surface area (Å²) < 4.78 is 25.8. The Balaban J connectivity index is 2.12. The van der Waals surface area contributed by atoms with Crippen LogP contribution in [0.2, 0.25) is 0 Å². The summed E-state index contributed by atoms with van der Waals surface area (Å²) in [5, 5.41) is 2.72. The fraction of sp³-hybridized carbons (Fsp3) is 1.00. The van der Waals surface area contributed by atoms with Crippen LogP contribution < -0.4 is 5.32 Å². The number of halogens is 2. The highest BCUT2D eigenvalue weighted by Gasteiger charge is 2.59. The molecule has 0 amide bonds. The van der Waals surface area contributed by atoms with Crippen LogP contribution in [-0.4, -0.2) is 24.4 Å². The second-order valence-corrected chi connectivity index (χ2v) is 3.26. The summed E-state index contributed by atoms with van der Waals surface area (Å²) in [5.41, 5.74) is -2.40. The van der Waals surface area contributed by atoms with E-state index in [9.17, 15) is 8.78 Å². The van der Waals surface area contributed by atoms with Crippen molar-refractivity contribution in [3.8, 4) is 0 Å². The van der Waals surface area contributed by atoms with Crippen molar-refractivity contribution in [1.82, 2.24) is 5.32 Å². The van der Waals surface area contributed by atoms with Crippen molar-refractivity contribution >= 4 is 0 Å². The summed E-state index contributed by atoms with van der Waals surface area (Å²) in [6, 6.07) is 0. The first kappa shape index (κ1) is 5.59. The van der Waals surface area contributed by atoms with Crippen LogP contribution in [0.25, 0.3) is 0 Å². The SMILES string of the molecule is FC12CNCC(F)(C1)C2. The standard InChI is InChI=1S/C6H9F2N/c7-5-1-6(8,2-5)4-9-3-5/h9H,1-4H2. The zero-order chi connectivity index (χ0) is 6.54. The average Bonchev–Trinajstić information content (AvgIpc) is 1.59. The fourth-order valence-corrected chi connectivity index (χ4v) is 1.84. The molecule has 1 N–H and O–H groups in total. The third-order valence-electron chi connectivity index (χ3n) is 2.15. The number of hydrogen-bond donors (Lipinski definition) is 1. The summed E-state index contributed by atoms with van der Waals surface area (Å²) in [6.07, 6.45) is 0.236. The molecule has 3 aliphatic rings. The van der Waals surface area contributed by atoms with Crippen LogP contribution in [0.4, 0.5) is 8.78 Å². The third kappa shape index (κ3) is 0.674. The van der Waals surface area contributed by atoms with Crippen LogP contribution in [0.5, 0.6) is 0 Å². The van der Waals surface area contributed by atoms with Crippen molar-refractivity contribution < 1.29 is 8.78 Å². The number of rotatable bonds is 0. The zero-order valence-electron chi connectivity index (χ0n) is 5.08. The Morgan fingerprint density at radius 2 is 1.44 bits per heavy atom. The first-order valence-electron chi connectivity index (χ1n) is 3.21. The molecule has 3 rings (SSSR count). The van der Waals surface area contributed by atoms with Crippen LogP contribution in [0, 0.1) is 0 Å². The molecule has 9 heavy (non-hydrogen) atoms. The molecule has 1 aliphatic carbocycles. The van der Waals surface area contributed by atoms with Crippen LogP contribution in [0.3, 0.4) is 0 Å². The van der Waals surface area contributed by atoms with Gasteiger partial charge in [-0.3, -0.25) is 0 Å². The van der Waals surface area contributed by atoms with Gasteiger partial charge in [0.1, 0.15) is 11.3 Å². The van der Waals surface area contributed by atoms with E-state index in [2.05, 4.69) is 5.32 Å². The predicted octanol–water partition coefficient (Wildman–Crippen LogP) is 0.800. The average molecular weight is 133 g/mol. The molecule has 0 aromatic carbocycles. The molecule has 2 heterocycles. The van der Waals surface area contributed by atoms with E-state index in [0.717, 1.165) is 0 Å². The summed E-state index contributed by atoms with van der Waals surface area (Å²) in [7, 11) is 0. The van der Waals surface area contributed by atoms with Crippen LogP contribution >= 0.6 is 0 Å². The summed E-state index contributed by atoms with van der Waals surface area (Å²) in [6.45, 7) is 0.692. The molecule has 1 saturated carbocycles. The quantitative estimate of drug-likeness (QED) is 0.515. The lowest BCUT2D eigenvalue weighted by Gasteiger charge is -2.51. The van der Waals surface area contributed by atoms with Gasteiger partial charge in [0.05, 0.1) is 0 Å². The molecule has 0 spiro atoms. The van der Waals surface area contributed by atoms with Gasteiger partial charge < -0.3 is 5.32 Å². The van der Waals surface area contributed by atoms with E-state index in [4.69, 9.17) is 0 Å². The van der Waals surface area contributed by atoms with Gasteiger partial charge in [-0.2, -0.15) is 0 Å². The van der Waals surface area contributed by atoms with E-state index in [1.165, 1.54) is 0 Å². The number of hydrogen-bond acceptors (Lipinski definition) is 1. The first-order chi connectivity index (χ1) is 4.12. The lowest BCUT2D eigenvalue weighted by molar-refractivity contribution is -0.113. The lowest BCUT2D eigenvalue weighted by Crippen LogP contribution is -2.66. The van der Waals surface area contributed by atoms with E-state index in [0.29, 0.717) is 13.1 Å². The first-order valence-corrected chi connectivity index (χ1v) is 3.21. The normalized spacial score (nSPS) is 56.7. The van der Waals surface area contributed by atoms with Gasteiger partial charge in [-0.1, -0.05) is 0 Å². The van der Waals surface area contributed by atoms with Gasteiger partial charge in [0, 0.05) is 25.9 Å². The number of alkyl halides is 2. The van der Waals surface area contributed by atoms with Crippen LogP contribution in [0.15, 0.2) is 0 Å². The lowest BCUT2D eigenvalue weighted by atomic mass is 9.67. The molecule has 0 aromatic heterocycles. The maximum Gasteiger partial charge on any atom is 0.129 e. The van der Waals surface area contributed by atoms with E-state index in [1.807, 2.05) is 0 Å². The Morgan fingerprint density at radius 3 is 1.67 bits per heavy atom. The number of piperidine rings is 2. The summed E-state index contributed by atoms with van der Waals surface area (Å²) >= 11 is 0. The van der Waals surface area contributed by atoms with Crippen molar-refractivity contribution in [3.05, 3.63) is 0 Å².